The Bertz CT molecular complexity index is 1230. The van der Waals surface area contributed by atoms with Gasteiger partial charge in [0.1, 0.15) is 0 Å². The molecule has 0 aliphatic heterocycles. The number of thioether (sulfide) groups is 1. The van der Waals surface area contributed by atoms with Crippen molar-refractivity contribution in [1.82, 2.24) is 14.8 Å². The molecule has 1 heterocycles. The number of carbonyl (C=O) groups is 1. The van der Waals surface area contributed by atoms with Crippen LogP contribution < -0.4 is 11.1 Å². The van der Waals surface area contributed by atoms with E-state index in [4.69, 9.17) is 17.3 Å². The zero-order valence-corrected chi connectivity index (χ0v) is 18.3. The van der Waals surface area contributed by atoms with Crippen molar-refractivity contribution < 1.29 is 4.79 Å². The normalized spacial score (nSPS) is 10.8. The Morgan fingerprint density at radius 3 is 2.61 bits per heavy atom. The fourth-order valence-electron chi connectivity index (χ4n) is 3.04. The van der Waals surface area contributed by atoms with Crippen molar-refractivity contribution in [3.8, 4) is 17.1 Å². The molecule has 0 bridgehead atoms. The van der Waals surface area contributed by atoms with Crippen LogP contribution in [0.4, 0.5) is 11.4 Å². The first kappa shape index (κ1) is 21.0. The van der Waals surface area contributed by atoms with Gasteiger partial charge in [-0.1, -0.05) is 59.8 Å². The highest BCUT2D eigenvalue weighted by Crippen LogP contribution is 2.29. The Labute approximate surface area is 189 Å². The number of amides is 1. The lowest BCUT2D eigenvalue weighted by Crippen LogP contribution is -2.14. The van der Waals surface area contributed by atoms with Crippen LogP contribution in [0.5, 0.6) is 0 Å². The Kier molecular flexibility index (Phi) is 6.25. The van der Waals surface area contributed by atoms with E-state index in [1.54, 1.807) is 6.07 Å². The number of aromatic nitrogens is 3. The van der Waals surface area contributed by atoms with Crippen LogP contribution in [0, 0.1) is 6.92 Å². The van der Waals surface area contributed by atoms with Crippen LogP contribution in [-0.4, -0.2) is 26.4 Å². The third-order valence-corrected chi connectivity index (χ3v) is 5.92. The van der Waals surface area contributed by atoms with Crippen LogP contribution in [0.25, 0.3) is 17.1 Å². The first-order chi connectivity index (χ1) is 15.0. The minimum atomic E-state index is -0.155. The molecule has 0 radical (unpaired) electrons. The summed E-state index contributed by atoms with van der Waals surface area (Å²) < 4.78 is 1.93. The van der Waals surface area contributed by atoms with E-state index in [-0.39, 0.29) is 11.7 Å². The van der Waals surface area contributed by atoms with E-state index in [1.165, 1.54) is 11.8 Å². The zero-order valence-electron chi connectivity index (χ0n) is 16.7. The van der Waals surface area contributed by atoms with Crippen LogP contribution in [0.15, 0.2) is 78.0 Å². The van der Waals surface area contributed by atoms with Gasteiger partial charge in [-0.25, -0.2) is 0 Å². The van der Waals surface area contributed by atoms with Gasteiger partial charge in [-0.2, -0.15) is 0 Å². The molecule has 8 heteroatoms. The number of benzene rings is 3. The Morgan fingerprint density at radius 1 is 1.06 bits per heavy atom. The van der Waals surface area contributed by atoms with Gasteiger partial charge in [0.25, 0.3) is 0 Å². The van der Waals surface area contributed by atoms with Gasteiger partial charge in [0.2, 0.25) is 5.91 Å². The molecule has 4 rings (SSSR count). The van der Waals surface area contributed by atoms with Crippen molar-refractivity contribution in [2.75, 3.05) is 16.8 Å². The summed E-state index contributed by atoms with van der Waals surface area (Å²) in [5.41, 5.74) is 9.97. The largest absolute Gasteiger partial charge is 0.399 e. The number of nitrogen functional groups attached to an aromatic ring is 1. The minimum absolute atomic E-state index is 0.155. The van der Waals surface area contributed by atoms with Crippen LogP contribution >= 0.6 is 23.4 Å². The highest BCUT2D eigenvalue weighted by Gasteiger charge is 2.17. The molecule has 0 saturated carbocycles. The second kappa shape index (κ2) is 9.24. The van der Waals surface area contributed by atoms with E-state index in [2.05, 4.69) is 15.5 Å². The van der Waals surface area contributed by atoms with Gasteiger partial charge in [0, 0.05) is 27.6 Å². The van der Waals surface area contributed by atoms with Gasteiger partial charge >= 0.3 is 0 Å². The number of carbonyl (C=O) groups excluding carboxylic acids is 1. The molecule has 156 valence electrons. The Balaban J connectivity index is 1.58. The molecule has 0 aliphatic carbocycles. The maximum atomic E-state index is 12.5. The SMILES string of the molecule is Cc1ccc(NC(=O)CSc2nnc(-c3cccc(N)c3)n2-c2ccccc2)cc1Cl. The minimum Gasteiger partial charge on any atom is -0.399 e. The summed E-state index contributed by atoms with van der Waals surface area (Å²) >= 11 is 7.45. The third-order valence-electron chi connectivity index (χ3n) is 4.58. The topological polar surface area (TPSA) is 85.8 Å². The molecule has 0 saturated heterocycles. The maximum absolute atomic E-state index is 12.5. The van der Waals surface area contributed by atoms with Gasteiger partial charge in [-0.3, -0.25) is 9.36 Å². The lowest BCUT2D eigenvalue weighted by Gasteiger charge is -2.11. The van der Waals surface area contributed by atoms with Gasteiger partial charge in [-0.15, -0.1) is 10.2 Å². The van der Waals surface area contributed by atoms with E-state index in [9.17, 15) is 4.79 Å². The van der Waals surface area contributed by atoms with Crippen molar-refractivity contribution in [2.24, 2.45) is 0 Å². The number of hydrogen-bond donors (Lipinski definition) is 2. The summed E-state index contributed by atoms with van der Waals surface area (Å²) in [7, 11) is 0. The fraction of sp³-hybridized carbons (Fsp3) is 0.0870. The first-order valence-electron chi connectivity index (χ1n) is 9.57. The van der Waals surface area contributed by atoms with Crippen LogP contribution in [0.2, 0.25) is 5.02 Å². The average Bonchev–Trinajstić information content (AvgIpc) is 3.19. The molecule has 3 aromatic carbocycles. The number of aryl methyl sites for hydroxylation is 1. The van der Waals surface area contributed by atoms with Crippen molar-refractivity contribution >= 4 is 40.6 Å². The molecular formula is C23H20ClN5OS. The maximum Gasteiger partial charge on any atom is 0.234 e. The number of nitrogens with zero attached hydrogens (tertiary/aromatic N) is 3. The standard InChI is InChI=1S/C23H20ClN5OS/c1-15-10-11-18(13-20(15)24)26-21(30)14-31-23-28-27-22(16-6-5-7-17(25)12-16)29(23)19-8-3-2-4-9-19/h2-13H,14,25H2,1H3,(H,26,30). The van der Waals surface area contributed by atoms with Gasteiger partial charge in [0.05, 0.1) is 5.75 Å². The summed E-state index contributed by atoms with van der Waals surface area (Å²) in [5.74, 6) is 0.678. The van der Waals surface area contributed by atoms with Gasteiger partial charge in [-0.05, 0) is 48.9 Å². The summed E-state index contributed by atoms with van der Waals surface area (Å²) in [6.45, 7) is 1.91. The highest BCUT2D eigenvalue weighted by molar-refractivity contribution is 7.99. The molecule has 0 atom stereocenters. The molecule has 1 aromatic heterocycles. The van der Waals surface area contributed by atoms with Crippen molar-refractivity contribution in [1.29, 1.82) is 0 Å². The number of anilines is 2. The molecule has 4 aromatic rings. The highest BCUT2D eigenvalue weighted by atomic mass is 35.5. The molecule has 0 fully saturated rings. The van der Waals surface area contributed by atoms with Gasteiger partial charge in [0.15, 0.2) is 11.0 Å². The van der Waals surface area contributed by atoms with Crippen molar-refractivity contribution in [3.63, 3.8) is 0 Å². The van der Waals surface area contributed by atoms with Crippen LogP contribution in [0.3, 0.4) is 0 Å². The Hall–Kier alpha value is -3.29. The first-order valence-corrected chi connectivity index (χ1v) is 10.9. The summed E-state index contributed by atoms with van der Waals surface area (Å²) in [5, 5.41) is 12.8. The number of nitrogens with two attached hydrogens (primary N) is 1. The molecule has 3 N–H and O–H groups in total. The predicted molar refractivity (Wildman–Crippen MR) is 127 cm³/mol. The lowest BCUT2D eigenvalue weighted by molar-refractivity contribution is -0.113. The molecule has 31 heavy (non-hydrogen) atoms. The monoisotopic (exact) mass is 449 g/mol. The second-order valence-electron chi connectivity index (χ2n) is 6.90. The molecule has 1 amide bonds. The number of para-hydroxylation sites is 1. The van der Waals surface area contributed by atoms with Crippen LogP contribution in [-0.2, 0) is 4.79 Å². The number of hydrogen-bond acceptors (Lipinski definition) is 5. The lowest BCUT2D eigenvalue weighted by atomic mass is 10.2. The number of rotatable bonds is 6. The molecule has 0 aliphatic rings. The van der Waals surface area contributed by atoms with E-state index in [0.717, 1.165) is 16.8 Å². The van der Waals surface area contributed by atoms with Crippen LogP contribution in [0.1, 0.15) is 5.56 Å². The zero-order chi connectivity index (χ0) is 21.8. The smallest absolute Gasteiger partial charge is 0.234 e. The molecular weight excluding hydrogens is 430 g/mol. The number of halogens is 1. The Morgan fingerprint density at radius 2 is 1.87 bits per heavy atom. The fourth-order valence-corrected chi connectivity index (χ4v) is 3.97. The molecule has 0 unspecified atom stereocenters. The molecule has 6 nitrogen and oxygen atoms in total. The predicted octanol–water partition coefficient (Wildman–Crippen LogP) is 5.21. The molecule has 0 spiro atoms. The third kappa shape index (κ3) is 4.90. The quantitative estimate of drug-likeness (QED) is 0.312. The van der Waals surface area contributed by atoms with Gasteiger partial charge < -0.3 is 11.1 Å². The summed E-state index contributed by atoms with van der Waals surface area (Å²) in [6, 6.07) is 22.7. The van der Waals surface area contributed by atoms with E-state index < -0.39 is 0 Å². The van der Waals surface area contributed by atoms with E-state index >= 15 is 0 Å². The number of nitrogens with one attached hydrogen (secondary N) is 1. The summed E-state index contributed by atoms with van der Waals surface area (Å²) in [4.78, 5) is 12.5. The van der Waals surface area contributed by atoms with E-state index in [0.29, 0.717) is 27.4 Å². The van der Waals surface area contributed by atoms with E-state index in [1.807, 2.05) is 78.2 Å². The average molecular weight is 450 g/mol. The second-order valence-corrected chi connectivity index (χ2v) is 8.25. The van der Waals surface area contributed by atoms with Crippen molar-refractivity contribution in [2.45, 2.75) is 12.1 Å². The summed E-state index contributed by atoms with van der Waals surface area (Å²) in [6.07, 6.45) is 0. The van der Waals surface area contributed by atoms with Crippen molar-refractivity contribution in [3.05, 3.63) is 83.4 Å².